The lowest BCUT2D eigenvalue weighted by atomic mass is 9.96. The van der Waals surface area contributed by atoms with Crippen LogP contribution >= 0.6 is 0 Å². The zero-order valence-corrected chi connectivity index (χ0v) is 11.7. The van der Waals surface area contributed by atoms with Gasteiger partial charge in [-0.15, -0.1) is 0 Å². The number of hydrogen-bond donors (Lipinski definition) is 0. The molecule has 102 valence electrons. The van der Waals surface area contributed by atoms with Gasteiger partial charge in [0.05, 0.1) is 12.5 Å². The van der Waals surface area contributed by atoms with E-state index in [1.165, 1.54) is 5.56 Å². The third kappa shape index (κ3) is 3.37. The van der Waals surface area contributed by atoms with Gasteiger partial charge in [-0.1, -0.05) is 19.9 Å². The molecule has 0 aliphatic heterocycles. The van der Waals surface area contributed by atoms with Gasteiger partial charge in [0.1, 0.15) is 11.5 Å². The molecule has 19 heavy (non-hydrogen) atoms. The molecule has 0 N–H and O–H groups in total. The summed E-state index contributed by atoms with van der Waals surface area (Å²) in [5.74, 6) is 1.33. The molecule has 1 aliphatic rings. The second-order valence-corrected chi connectivity index (χ2v) is 4.98. The summed E-state index contributed by atoms with van der Waals surface area (Å²) in [5.41, 5.74) is 2.36. The Bertz CT molecular complexity index is 501. The largest absolute Gasteiger partial charge is 0.494 e. The van der Waals surface area contributed by atoms with Crippen LogP contribution in [0.2, 0.25) is 0 Å². The number of carbonyl (C=O) groups is 1. The summed E-state index contributed by atoms with van der Waals surface area (Å²) in [7, 11) is 0. The molecule has 2 rings (SSSR count). The molecule has 1 aliphatic carbocycles. The fourth-order valence-corrected chi connectivity index (χ4v) is 2.02. The first kappa shape index (κ1) is 13.7. The van der Waals surface area contributed by atoms with E-state index in [1.807, 2.05) is 39.0 Å². The van der Waals surface area contributed by atoms with E-state index in [4.69, 9.17) is 9.47 Å². The summed E-state index contributed by atoms with van der Waals surface area (Å²) in [4.78, 5) is 11.6. The monoisotopic (exact) mass is 260 g/mol. The van der Waals surface area contributed by atoms with Crippen molar-refractivity contribution in [2.75, 3.05) is 6.61 Å². The summed E-state index contributed by atoms with van der Waals surface area (Å²) >= 11 is 0. The van der Waals surface area contributed by atoms with Gasteiger partial charge < -0.3 is 9.47 Å². The Hall–Kier alpha value is -1.77. The van der Waals surface area contributed by atoms with Crippen molar-refractivity contribution in [2.24, 2.45) is 5.92 Å². The Morgan fingerprint density at radius 1 is 1.32 bits per heavy atom. The number of carbonyl (C=O) groups excluding carboxylic acids is 1. The van der Waals surface area contributed by atoms with Crippen LogP contribution in [0.25, 0.3) is 6.08 Å². The van der Waals surface area contributed by atoms with Crippen LogP contribution in [0.1, 0.15) is 38.3 Å². The van der Waals surface area contributed by atoms with Gasteiger partial charge in [0, 0.05) is 6.42 Å². The first-order valence-corrected chi connectivity index (χ1v) is 6.78. The van der Waals surface area contributed by atoms with Gasteiger partial charge in [-0.25, -0.2) is 0 Å². The van der Waals surface area contributed by atoms with Gasteiger partial charge in [0.15, 0.2) is 0 Å². The van der Waals surface area contributed by atoms with Crippen molar-refractivity contribution in [3.8, 4) is 5.75 Å². The zero-order chi connectivity index (χ0) is 13.8. The van der Waals surface area contributed by atoms with Crippen molar-refractivity contribution in [3.63, 3.8) is 0 Å². The zero-order valence-electron chi connectivity index (χ0n) is 11.7. The molecule has 0 spiro atoms. The molecule has 0 heterocycles. The summed E-state index contributed by atoms with van der Waals surface area (Å²) in [5, 5.41) is 0. The average molecular weight is 260 g/mol. The van der Waals surface area contributed by atoms with Crippen molar-refractivity contribution in [3.05, 3.63) is 35.1 Å². The highest BCUT2D eigenvalue weighted by Gasteiger charge is 2.16. The number of aryl methyl sites for hydroxylation is 1. The molecule has 3 heteroatoms. The number of rotatable bonds is 4. The topological polar surface area (TPSA) is 35.5 Å². The first-order valence-electron chi connectivity index (χ1n) is 6.78. The SMILES string of the molecule is CCOc1ccc2c(c1)C=C(OC(=O)C(C)C)CC2. The summed E-state index contributed by atoms with van der Waals surface area (Å²) in [6, 6.07) is 6.07. The number of ether oxygens (including phenoxy) is 2. The van der Waals surface area contributed by atoms with Gasteiger partial charge in [-0.2, -0.15) is 0 Å². The van der Waals surface area contributed by atoms with Crippen LogP contribution in [-0.2, 0) is 16.0 Å². The minimum atomic E-state index is -0.171. The molecule has 0 radical (unpaired) electrons. The normalized spacial score (nSPS) is 13.8. The Balaban J connectivity index is 2.18. The van der Waals surface area contributed by atoms with Crippen molar-refractivity contribution >= 4 is 12.0 Å². The molecular formula is C16H20O3. The molecule has 3 nitrogen and oxygen atoms in total. The lowest BCUT2D eigenvalue weighted by Gasteiger charge is -2.18. The van der Waals surface area contributed by atoms with E-state index >= 15 is 0 Å². The van der Waals surface area contributed by atoms with Gasteiger partial charge in [-0.3, -0.25) is 4.79 Å². The third-order valence-electron chi connectivity index (χ3n) is 3.09. The Labute approximate surface area is 114 Å². The lowest BCUT2D eigenvalue weighted by Crippen LogP contribution is -2.13. The standard InChI is InChI=1S/C16H20O3/c1-4-18-14-7-5-12-6-8-15(10-13(12)9-14)19-16(17)11(2)3/h5,7,9-11H,4,6,8H2,1-3H3. The van der Waals surface area contributed by atoms with Gasteiger partial charge in [0.25, 0.3) is 0 Å². The van der Waals surface area contributed by atoms with Crippen molar-refractivity contribution in [1.82, 2.24) is 0 Å². The molecule has 1 aromatic carbocycles. The summed E-state index contributed by atoms with van der Waals surface area (Å²) in [6.45, 7) is 6.29. The lowest BCUT2D eigenvalue weighted by molar-refractivity contribution is -0.143. The summed E-state index contributed by atoms with van der Waals surface area (Å²) in [6.07, 6.45) is 3.63. The molecule has 1 aromatic rings. The fraction of sp³-hybridized carbons (Fsp3) is 0.438. The first-order chi connectivity index (χ1) is 9.10. The number of fused-ring (bicyclic) bond motifs is 1. The van der Waals surface area contributed by atoms with Crippen LogP contribution in [0.5, 0.6) is 5.75 Å². The van der Waals surface area contributed by atoms with Crippen molar-refractivity contribution in [1.29, 1.82) is 0 Å². The molecule has 0 bridgehead atoms. The van der Waals surface area contributed by atoms with E-state index in [-0.39, 0.29) is 11.9 Å². The highest BCUT2D eigenvalue weighted by atomic mass is 16.5. The Morgan fingerprint density at radius 2 is 2.11 bits per heavy atom. The van der Waals surface area contributed by atoms with Crippen molar-refractivity contribution in [2.45, 2.75) is 33.6 Å². The summed E-state index contributed by atoms with van der Waals surface area (Å²) < 4.78 is 10.9. The van der Waals surface area contributed by atoms with E-state index in [1.54, 1.807) is 0 Å². The Morgan fingerprint density at radius 3 is 2.79 bits per heavy atom. The fourth-order valence-electron chi connectivity index (χ4n) is 2.02. The van der Waals surface area contributed by atoms with E-state index in [0.29, 0.717) is 6.61 Å². The van der Waals surface area contributed by atoms with Gasteiger partial charge >= 0.3 is 5.97 Å². The van der Waals surface area contributed by atoms with E-state index in [0.717, 1.165) is 29.9 Å². The average Bonchev–Trinajstić information content (AvgIpc) is 2.38. The molecular weight excluding hydrogens is 240 g/mol. The predicted molar refractivity (Wildman–Crippen MR) is 74.8 cm³/mol. The minimum Gasteiger partial charge on any atom is -0.494 e. The van der Waals surface area contributed by atoms with Crippen LogP contribution in [0.4, 0.5) is 0 Å². The molecule has 0 amide bonds. The predicted octanol–water partition coefficient (Wildman–Crippen LogP) is 3.57. The molecule has 0 saturated heterocycles. The van der Waals surface area contributed by atoms with Gasteiger partial charge in [-0.05, 0) is 42.7 Å². The number of hydrogen-bond acceptors (Lipinski definition) is 3. The van der Waals surface area contributed by atoms with E-state index in [2.05, 4.69) is 6.07 Å². The number of esters is 1. The highest BCUT2D eigenvalue weighted by molar-refractivity contribution is 5.74. The molecule has 0 fully saturated rings. The van der Waals surface area contributed by atoms with Crippen LogP contribution in [0, 0.1) is 5.92 Å². The maximum absolute atomic E-state index is 11.6. The smallest absolute Gasteiger partial charge is 0.313 e. The third-order valence-corrected chi connectivity index (χ3v) is 3.09. The Kier molecular flexibility index (Phi) is 4.25. The second-order valence-electron chi connectivity index (χ2n) is 4.98. The number of benzene rings is 1. The van der Waals surface area contributed by atoms with Gasteiger partial charge in [0.2, 0.25) is 0 Å². The van der Waals surface area contributed by atoms with Crippen LogP contribution in [-0.4, -0.2) is 12.6 Å². The number of allylic oxidation sites excluding steroid dienone is 1. The maximum Gasteiger partial charge on any atom is 0.313 e. The van der Waals surface area contributed by atoms with E-state index < -0.39 is 0 Å². The van der Waals surface area contributed by atoms with Crippen LogP contribution in [0.3, 0.4) is 0 Å². The molecule has 0 unspecified atom stereocenters. The van der Waals surface area contributed by atoms with E-state index in [9.17, 15) is 4.79 Å². The molecule has 0 saturated carbocycles. The quantitative estimate of drug-likeness (QED) is 0.776. The van der Waals surface area contributed by atoms with Crippen LogP contribution in [0.15, 0.2) is 24.0 Å². The highest BCUT2D eigenvalue weighted by Crippen LogP contribution is 2.28. The molecule has 0 aromatic heterocycles. The van der Waals surface area contributed by atoms with Crippen molar-refractivity contribution < 1.29 is 14.3 Å². The molecule has 0 atom stereocenters. The van der Waals surface area contributed by atoms with Crippen LogP contribution < -0.4 is 4.74 Å². The second kappa shape index (κ2) is 5.91. The maximum atomic E-state index is 11.6. The minimum absolute atomic E-state index is 0.0999.